The fourth-order valence-corrected chi connectivity index (χ4v) is 3.59. The van der Waals surface area contributed by atoms with Gasteiger partial charge in [-0.25, -0.2) is 0 Å². The van der Waals surface area contributed by atoms with Crippen LogP contribution in [0.5, 0.6) is 11.5 Å². The Morgan fingerprint density at radius 2 is 1.88 bits per heavy atom. The average Bonchev–Trinajstić information content (AvgIpc) is 2.79. The number of amides is 1. The first-order valence-electron chi connectivity index (χ1n) is 10.4. The number of nitrogens with one attached hydrogen (secondary N) is 1. The highest BCUT2D eigenvalue weighted by Gasteiger charge is 2.15. The standard InChI is InChI=1S/C27H25ClN2O3/c1-17-7-5-9-20(11-17)16-33-26-23(28)13-21(14-25(26)32-4)12-22(15-29)27(31)30-24-10-6-8-18(2)19(24)3/h5-14H,16H2,1-4H3,(H,30,31)/b22-12+. The van der Waals surface area contributed by atoms with E-state index in [4.69, 9.17) is 21.1 Å². The van der Waals surface area contributed by atoms with Crippen LogP contribution in [0.15, 0.2) is 60.2 Å². The van der Waals surface area contributed by atoms with E-state index in [1.807, 2.05) is 63.2 Å². The van der Waals surface area contributed by atoms with Gasteiger partial charge in [-0.2, -0.15) is 5.26 Å². The van der Waals surface area contributed by atoms with Gasteiger partial charge in [0, 0.05) is 5.69 Å². The zero-order valence-electron chi connectivity index (χ0n) is 19.0. The van der Waals surface area contributed by atoms with Crippen molar-refractivity contribution in [1.82, 2.24) is 0 Å². The van der Waals surface area contributed by atoms with E-state index in [0.717, 1.165) is 22.3 Å². The van der Waals surface area contributed by atoms with E-state index >= 15 is 0 Å². The van der Waals surface area contributed by atoms with Crippen LogP contribution in [0.4, 0.5) is 5.69 Å². The molecule has 0 spiro atoms. The van der Waals surface area contributed by atoms with Crippen molar-refractivity contribution in [3.63, 3.8) is 0 Å². The molecule has 0 saturated heterocycles. The van der Waals surface area contributed by atoms with E-state index in [2.05, 4.69) is 5.32 Å². The minimum absolute atomic E-state index is 0.0533. The molecule has 33 heavy (non-hydrogen) atoms. The number of halogens is 1. The Balaban J connectivity index is 1.84. The van der Waals surface area contributed by atoms with E-state index in [-0.39, 0.29) is 5.57 Å². The Labute approximate surface area is 199 Å². The van der Waals surface area contributed by atoms with Gasteiger partial charge < -0.3 is 14.8 Å². The molecule has 0 aliphatic heterocycles. The zero-order valence-corrected chi connectivity index (χ0v) is 19.8. The minimum Gasteiger partial charge on any atom is -0.493 e. The Bertz CT molecular complexity index is 1260. The maximum atomic E-state index is 12.7. The van der Waals surface area contributed by atoms with Crippen LogP contribution >= 0.6 is 11.6 Å². The number of anilines is 1. The third-order valence-corrected chi connectivity index (χ3v) is 5.53. The molecule has 0 aromatic heterocycles. The molecule has 1 N–H and O–H groups in total. The lowest BCUT2D eigenvalue weighted by Crippen LogP contribution is -2.14. The van der Waals surface area contributed by atoms with Crippen LogP contribution in [0.25, 0.3) is 6.08 Å². The summed E-state index contributed by atoms with van der Waals surface area (Å²) in [6.07, 6.45) is 1.47. The van der Waals surface area contributed by atoms with Crippen molar-refractivity contribution in [2.75, 3.05) is 12.4 Å². The first kappa shape index (κ1) is 23.9. The quantitative estimate of drug-likeness (QED) is 0.327. The minimum atomic E-state index is -0.499. The molecule has 0 atom stereocenters. The first-order valence-corrected chi connectivity index (χ1v) is 10.8. The number of rotatable bonds is 7. The Morgan fingerprint density at radius 3 is 2.58 bits per heavy atom. The average molecular weight is 461 g/mol. The monoisotopic (exact) mass is 460 g/mol. The molecule has 0 saturated carbocycles. The molecule has 0 aliphatic carbocycles. The predicted molar refractivity (Wildman–Crippen MR) is 132 cm³/mol. The largest absolute Gasteiger partial charge is 0.493 e. The van der Waals surface area contributed by atoms with Gasteiger partial charge in [0.15, 0.2) is 11.5 Å². The van der Waals surface area contributed by atoms with Crippen LogP contribution in [-0.2, 0) is 11.4 Å². The summed E-state index contributed by atoms with van der Waals surface area (Å²) in [6, 6.07) is 18.9. The second-order valence-corrected chi connectivity index (χ2v) is 8.09. The van der Waals surface area contributed by atoms with Crippen LogP contribution in [-0.4, -0.2) is 13.0 Å². The molecule has 0 unspecified atom stereocenters. The van der Waals surface area contributed by atoms with Crippen molar-refractivity contribution >= 4 is 29.3 Å². The molecular weight excluding hydrogens is 436 g/mol. The molecule has 0 heterocycles. The van der Waals surface area contributed by atoms with Crippen molar-refractivity contribution in [2.45, 2.75) is 27.4 Å². The number of benzene rings is 3. The highest BCUT2D eigenvalue weighted by molar-refractivity contribution is 6.32. The van der Waals surface area contributed by atoms with E-state index in [9.17, 15) is 10.1 Å². The van der Waals surface area contributed by atoms with Gasteiger partial charge in [-0.1, -0.05) is 53.6 Å². The van der Waals surface area contributed by atoms with Crippen molar-refractivity contribution in [3.05, 3.63) is 93.0 Å². The highest BCUT2D eigenvalue weighted by atomic mass is 35.5. The number of aryl methyl sites for hydroxylation is 2. The van der Waals surface area contributed by atoms with Crippen molar-refractivity contribution in [3.8, 4) is 17.6 Å². The van der Waals surface area contributed by atoms with Gasteiger partial charge >= 0.3 is 0 Å². The lowest BCUT2D eigenvalue weighted by atomic mass is 10.1. The molecule has 168 valence electrons. The summed E-state index contributed by atoms with van der Waals surface area (Å²) in [5.74, 6) is 0.311. The molecule has 5 nitrogen and oxygen atoms in total. The number of hydrogen-bond donors (Lipinski definition) is 1. The van der Waals surface area contributed by atoms with Gasteiger partial charge in [-0.15, -0.1) is 0 Å². The summed E-state index contributed by atoms with van der Waals surface area (Å²) in [5, 5.41) is 12.7. The van der Waals surface area contributed by atoms with E-state index in [0.29, 0.717) is 34.4 Å². The third kappa shape index (κ3) is 5.94. The van der Waals surface area contributed by atoms with Gasteiger partial charge in [0.05, 0.1) is 12.1 Å². The fourth-order valence-electron chi connectivity index (χ4n) is 3.31. The molecule has 0 bridgehead atoms. The van der Waals surface area contributed by atoms with Gasteiger partial charge in [0.1, 0.15) is 18.2 Å². The number of carbonyl (C=O) groups excluding carboxylic acids is 1. The molecule has 3 rings (SSSR count). The van der Waals surface area contributed by atoms with E-state index in [1.54, 1.807) is 18.2 Å². The van der Waals surface area contributed by atoms with Crippen LogP contribution < -0.4 is 14.8 Å². The lowest BCUT2D eigenvalue weighted by molar-refractivity contribution is -0.112. The summed E-state index contributed by atoms with van der Waals surface area (Å²) in [5.41, 5.74) is 5.30. The first-order chi connectivity index (χ1) is 15.8. The smallest absolute Gasteiger partial charge is 0.266 e. The molecule has 3 aromatic rings. The number of carbonyl (C=O) groups is 1. The van der Waals surface area contributed by atoms with Crippen molar-refractivity contribution < 1.29 is 14.3 Å². The maximum absolute atomic E-state index is 12.7. The lowest BCUT2D eigenvalue weighted by Gasteiger charge is -2.14. The Morgan fingerprint density at radius 1 is 1.12 bits per heavy atom. The number of hydrogen-bond acceptors (Lipinski definition) is 4. The highest BCUT2D eigenvalue weighted by Crippen LogP contribution is 2.37. The molecular formula is C27H25ClN2O3. The number of nitriles is 1. The fraction of sp³-hybridized carbons (Fsp3) is 0.185. The van der Waals surface area contributed by atoms with E-state index < -0.39 is 5.91 Å². The van der Waals surface area contributed by atoms with Crippen LogP contribution in [0.1, 0.15) is 27.8 Å². The second-order valence-electron chi connectivity index (χ2n) is 7.68. The summed E-state index contributed by atoms with van der Waals surface area (Å²) in [7, 11) is 1.51. The van der Waals surface area contributed by atoms with Gasteiger partial charge in [-0.3, -0.25) is 4.79 Å². The van der Waals surface area contributed by atoms with Gasteiger partial charge in [-0.05, 0) is 67.3 Å². The molecule has 0 fully saturated rings. The van der Waals surface area contributed by atoms with E-state index in [1.165, 1.54) is 13.2 Å². The Hall–Kier alpha value is -3.75. The van der Waals surface area contributed by atoms with Gasteiger partial charge in [0.2, 0.25) is 0 Å². The number of nitrogens with zero attached hydrogens (tertiary/aromatic N) is 1. The second kappa shape index (κ2) is 10.7. The molecule has 0 aliphatic rings. The van der Waals surface area contributed by atoms with Gasteiger partial charge in [0.25, 0.3) is 5.91 Å². The summed E-state index contributed by atoms with van der Waals surface area (Å²) in [6.45, 7) is 6.22. The summed E-state index contributed by atoms with van der Waals surface area (Å²) < 4.78 is 11.4. The van der Waals surface area contributed by atoms with Crippen LogP contribution in [0.2, 0.25) is 5.02 Å². The van der Waals surface area contributed by atoms with Crippen molar-refractivity contribution in [2.24, 2.45) is 0 Å². The SMILES string of the molecule is COc1cc(/C=C(\C#N)C(=O)Nc2cccc(C)c2C)cc(Cl)c1OCc1cccc(C)c1. The normalized spacial score (nSPS) is 11.0. The van der Waals surface area contributed by atoms with Crippen molar-refractivity contribution in [1.29, 1.82) is 5.26 Å². The molecule has 0 radical (unpaired) electrons. The molecule has 1 amide bonds. The predicted octanol–water partition coefficient (Wildman–Crippen LogP) is 6.40. The third-order valence-electron chi connectivity index (χ3n) is 5.25. The molecule has 6 heteroatoms. The number of ether oxygens (including phenoxy) is 2. The topological polar surface area (TPSA) is 71.3 Å². The molecule has 3 aromatic carbocycles. The summed E-state index contributed by atoms with van der Waals surface area (Å²) in [4.78, 5) is 12.7. The maximum Gasteiger partial charge on any atom is 0.266 e. The number of methoxy groups -OCH3 is 1. The summed E-state index contributed by atoms with van der Waals surface area (Å²) >= 11 is 6.47. The van der Waals surface area contributed by atoms with Crippen LogP contribution in [0, 0.1) is 32.1 Å². The Kier molecular flexibility index (Phi) is 7.76. The zero-order chi connectivity index (χ0) is 24.0. The van der Waals surface area contributed by atoms with Crippen LogP contribution in [0.3, 0.4) is 0 Å².